The van der Waals surface area contributed by atoms with Crippen LogP contribution >= 0.6 is 0 Å². The van der Waals surface area contributed by atoms with Crippen molar-refractivity contribution in [2.24, 2.45) is 5.92 Å². The van der Waals surface area contributed by atoms with E-state index in [1.54, 1.807) is 0 Å². The average molecular weight is 289 g/mol. The Morgan fingerprint density at radius 1 is 1.10 bits per heavy atom. The smallest absolute Gasteiger partial charge is 0.245 e. The van der Waals surface area contributed by atoms with E-state index in [4.69, 9.17) is 4.98 Å². The van der Waals surface area contributed by atoms with Crippen molar-refractivity contribution in [2.75, 3.05) is 24.5 Å². The normalized spacial score (nSPS) is 26.3. The molecule has 0 radical (unpaired) electrons. The summed E-state index contributed by atoms with van der Waals surface area (Å²) in [4.78, 5) is 7.13. The summed E-state index contributed by atoms with van der Waals surface area (Å²) >= 11 is 0. The van der Waals surface area contributed by atoms with Crippen LogP contribution in [0.3, 0.4) is 0 Å². The highest BCUT2D eigenvalue weighted by atomic mass is 15.3. The van der Waals surface area contributed by atoms with E-state index in [0.717, 1.165) is 49.2 Å². The molecule has 2 aliphatic heterocycles. The van der Waals surface area contributed by atoms with Gasteiger partial charge in [0.05, 0.1) is 11.4 Å². The van der Waals surface area contributed by atoms with Crippen molar-refractivity contribution in [2.45, 2.75) is 58.4 Å². The lowest BCUT2D eigenvalue weighted by atomic mass is 9.90. The predicted molar refractivity (Wildman–Crippen MR) is 84.5 cm³/mol. The minimum Gasteiger partial charge on any atom is -0.339 e. The second kappa shape index (κ2) is 6.69. The number of hydrogen-bond acceptors (Lipinski definition) is 5. The highest BCUT2D eigenvalue weighted by Gasteiger charge is 2.30. The highest BCUT2D eigenvalue weighted by molar-refractivity contribution is 5.31. The molecule has 3 rings (SSSR count). The van der Waals surface area contributed by atoms with Crippen molar-refractivity contribution in [1.82, 2.24) is 20.5 Å². The lowest BCUT2D eigenvalue weighted by Crippen LogP contribution is -2.44. The number of nitrogens with zero attached hydrogens (tertiary/aromatic N) is 4. The number of aromatic nitrogens is 3. The molecular weight excluding hydrogens is 262 g/mol. The lowest BCUT2D eigenvalue weighted by molar-refractivity contribution is 0.326. The van der Waals surface area contributed by atoms with Crippen LogP contribution in [0, 0.1) is 5.92 Å². The van der Waals surface area contributed by atoms with Crippen molar-refractivity contribution < 1.29 is 0 Å². The molecule has 2 fully saturated rings. The van der Waals surface area contributed by atoms with Crippen LogP contribution < -0.4 is 10.2 Å². The fraction of sp³-hybridized carbons (Fsp3) is 0.812. The minimum absolute atomic E-state index is 0.696. The first-order chi connectivity index (χ1) is 10.3. The van der Waals surface area contributed by atoms with E-state index in [1.807, 2.05) is 0 Å². The molecule has 0 aromatic carbocycles. The van der Waals surface area contributed by atoms with Crippen LogP contribution in [0.2, 0.25) is 0 Å². The average Bonchev–Trinajstić information content (AvgIpc) is 3.09. The largest absolute Gasteiger partial charge is 0.339 e. The first-order valence-electron chi connectivity index (χ1n) is 8.52. The molecule has 1 aromatic rings. The molecule has 0 bridgehead atoms. The van der Waals surface area contributed by atoms with E-state index < -0.39 is 0 Å². The van der Waals surface area contributed by atoms with Gasteiger partial charge < -0.3 is 10.2 Å². The van der Waals surface area contributed by atoms with E-state index in [9.17, 15) is 0 Å². The first-order valence-corrected chi connectivity index (χ1v) is 8.52. The van der Waals surface area contributed by atoms with Crippen LogP contribution in [0.4, 0.5) is 5.95 Å². The van der Waals surface area contributed by atoms with Crippen LogP contribution in [0.1, 0.15) is 50.9 Å². The van der Waals surface area contributed by atoms with Gasteiger partial charge in [-0.25, -0.2) is 4.98 Å². The molecule has 0 spiro atoms. The van der Waals surface area contributed by atoms with Crippen molar-refractivity contribution in [3.05, 3.63) is 11.4 Å². The zero-order chi connectivity index (χ0) is 14.7. The van der Waals surface area contributed by atoms with Gasteiger partial charge in [0.15, 0.2) is 0 Å². The number of aryl methyl sites for hydroxylation is 2. The molecule has 2 unspecified atom stereocenters. The van der Waals surface area contributed by atoms with Gasteiger partial charge in [-0.3, -0.25) is 0 Å². The van der Waals surface area contributed by atoms with Crippen LogP contribution in [-0.4, -0.2) is 40.9 Å². The standard InChI is InChI=1S/C16H27N5/c1-3-13-14(4-2)19-20-16(18-13)21-10-6-7-12(11-21)15-8-5-9-17-15/h12,15,17H,3-11H2,1-2H3. The molecule has 0 aliphatic carbocycles. The molecule has 0 saturated carbocycles. The quantitative estimate of drug-likeness (QED) is 0.918. The van der Waals surface area contributed by atoms with E-state index in [-0.39, 0.29) is 0 Å². The second-order valence-electron chi connectivity index (χ2n) is 6.26. The zero-order valence-corrected chi connectivity index (χ0v) is 13.3. The number of piperidine rings is 1. The van der Waals surface area contributed by atoms with Gasteiger partial charge >= 0.3 is 0 Å². The Balaban J connectivity index is 1.73. The molecule has 5 nitrogen and oxygen atoms in total. The van der Waals surface area contributed by atoms with Gasteiger partial charge in [-0.2, -0.15) is 5.10 Å². The van der Waals surface area contributed by atoms with Gasteiger partial charge in [-0.1, -0.05) is 13.8 Å². The third kappa shape index (κ3) is 3.18. The van der Waals surface area contributed by atoms with Gasteiger partial charge in [-0.05, 0) is 51.0 Å². The summed E-state index contributed by atoms with van der Waals surface area (Å²) in [7, 11) is 0. The molecule has 3 heterocycles. The molecule has 1 aromatic heterocycles. The Hall–Kier alpha value is -1.23. The number of nitrogens with one attached hydrogen (secondary N) is 1. The maximum atomic E-state index is 4.78. The van der Waals surface area contributed by atoms with Gasteiger partial charge in [0.25, 0.3) is 0 Å². The third-order valence-corrected chi connectivity index (χ3v) is 4.91. The van der Waals surface area contributed by atoms with Crippen LogP contribution in [0.15, 0.2) is 0 Å². The second-order valence-corrected chi connectivity index (χ2v) is 6.26. The summed E-state index contributed by atoms with van der Waals surface area (Å²) in [6.07, 6.45) is 7.07. The molecule has 0 amide bonds. The monoisotopic (exact) mass is 289 g/mol. The highest BCUT2D eigenvalue weighted by Crippen LogP contribution is 2.26. The van der Waals surface area contributed by atoms with Crippen molar-refractivity contribution in [3.63, 3.8) is 0 Å². The molecule has 5 heteroatoms. The summed E-state index contributed by atoms with van der Waals surface area (Å²) in [5.74, 6) is 1.58. The third-order valence-electron chi connectivity index (χ3n) is 4.91. The fourth-order valence-electron chi connectivity index (χ4n) is 3.70. The molecule has 2 saturated heterocycles. The van der Waals surface area contributed by atoms with Gasteiger partial charge in [0.1, 0.15) is 0 Å². The van der Waals surface area contributed by atoms with E-state index >= 15 is 0 Å². The summed E-state index contributed by atoms with van der Waals surface area (Å²) < 4.78 is 0. The maximum absolute atomic E-state index is 4.78. The Morgan fingerprint density at radius 3 is 2.67 bits per heavy atom. The SMILES string of the molecule is CCc1nnc(N2CCCC(C3CCCN3)C2)nc1CC. The Bertz CT molecular complexity index is 470. The van der Waals surface area contributed by atoms with Crippen LogP contribution in [0.5, 0.6) is 0 Å². The first kappa shape index (κ1) is 14.7. The van der Waals surface area contributed by atoms with Crippen molar-refractivity contribution in [1.29, 1.82) is 0 Å². The molecule has 2 atom stereocenters. The van der Waals surface area contributed by atoms with E-state index in [1.165, 1.54) is 32.2 Å². The Morgan fingerprint density at radius 2 is 1.95 bits per heavy atom. The van der Waals surface area contributed by atoms with E-state index in [0.29, 0.717) is 6.04 Å². The number of rotatable bonds is 4. The topological polar surface area (TPSA) is 53.9 Å². The van der Waals surface area contributed by atoms with E-state index in [2.05, 4.69) is 34.3 Å². The summed E-state index contributed by atoms with van der Waals surface area (Å²) in [5.41, 5.74) is 2.16. The minimum atomic E-state index is 0.696. The number of hydrogen-bond donors (Lipinski definition) is 1. The van der Waals surface area contributed by atoms with Gasteiger partial charge in [-0.15, -0.1) is 5.10 Å². The number of anilines is 1. The Labute approximate surface area is 127 Å². The lowest BCUT2D eigenvalue weighted by Gasteiger charge is -2.35. The summed E-state index contributed by atoms with van der Waals surface area (Å²) in [5, 5.41) is 12.4. The molecule has 2 aliphatic rings. The maximum Gasteiger partial charge on any atom is 0.245 e. The van der Waals surface area contributed by atoms with Crippen molar-refractivity contribution >= 4 is 5.95 Å². The molecule has 116 valence electrons. The molecule has 1 N–H and O–H groups in total. The predicted octanol–water partition coefficient (Wildman–Crippen LogP) is 1.96. The molecule has 21 heavy (non-hydrogen) atoms. The summed E-state index contributed by atoms with van der Waals surface area (Å²) in [6, 6.07) is 0.696. The van der Waals surface area contributed by atoms with Crippen molar-refractivity contribution in [3.8, 4) is 0 Å². The zero-order valence-electron chi connectivity index (χ0n) is 13.3. The summed E-state index contributed by atoms with van der Waals surface area (Å²) in [6.45, 7) is 7.60. The fourth-order valence-corrected chi connectivity index (χ4v) is 3.70. The molecular formula is C16H27N5. The van der Waals surface area contributed by atoms with Gasteiger partial charge in [0.2, 0.25) is 5.95 Å². The van der Waals surface area contributed by atoms with Crippen LogP contribution in [0.25, 0.3) is 0 Å². The van der Waals surface area contributed by atoms with Gasteiger partial charge in [0, 0.05) is 19.1 Å². The van der Waals surface area contributed by atoms with Crippen LogP contribution in [-0.2, 0) is 12.8 Å². The Kier molecular flexibility index (Phi) is 4.68.